The van der Waals surface area contributed by atoms with Gasteiger partial charge in [0.2, 0.25) is 0 Å². The van der Waals surface area contributed by atoms with Crippen molar-refractivity contribution in [3.8, 4) is 5.75 Å². The lowest BCUT2D eigenvalue weighted by atomic mass is 10.2. The van der Waals surface area contributed by atoms with Crippen LogP contribution in [0.5, 0.6) is 5.75 Å². The first kappa shape index (κ1) is 13.7. The van der Waals surface area contributed by atoms with Crippen LogP contribution in [-0.2, 0) is 9.53 Å². The number of benzene rings is 1. The van der Waals surface area contributed by atoms with E-state index in [0.717, 1.165) is 5.56 Å². The number of para-hydroxylation sites is 1. The second kappa shape index (κ2) is 7.03. The van der Waals surface area contributed by atoms with Gasteiger partial charge in [-0.3, -0.25) is 0 Å². The summed E-state index contributed by atoms with van der Waals surface area (Å²) in [6.45, 7) is 1.95. The number of hydrogen-bond donors (Lipinski definition) is 0. The molecule has 0 fully saturated rings. The van der Waals surface area contributed by atoms with Crippen LogP contribution in [0.2, 0.25) is 0 Å². The van der Waals surface area contributed by atoms with Gasteiger partial charge in [-0.25, -0.2) is 9.47 Å². The molecule has 0 saturated carbocycles. The van der Waals surface area contributed by atoms with Crippen molar-refractivity contribution in [2.24, 2.45) is 5.10 Å². The number of ether oxygens (including phenoxy) is 2. The Morgan fingerprint density at radius 3 is 2.85 bits per heavy atom. The van der Waals surface area contributed by atoms with E-state index >= 15 is 0 Å². The molecule has 0 amide bonds. The van der Waals surface area contributed by atoms with E-state index in [1.165, 1.54) is 17.3 Å². The third-order valence-corrected chi connectivity index (χ3v) is 2.31. The summed E-state index contributed by atoms with van der Waals surface area (Å²) in [7, 11) is 0. The first-order chi connectivity index (χ1) is 9.79. The molecule has 2 aromatic rings. The number of nitrogens with zero attached hydrogens (tertiary/aromatic N) is 4. The molecule has 0 N–H and O–H groups in total. The molecule has 0 bridgehead atoms. The number of rotatable bonds is 6. The van der Waals surface area contributed by atoms with Gasteiger partial charge in [0.15, 0.2) is 6.61 Å². The highest BCUT2D eigenvalue weighted by molar-refractivity contribution is 5.83. The van der Waals surface area contributed by atoms with E-state index in [0.29, 0.717) is 12.4 Å². The molecule has 2 rings (SSSR count). The lowest BCUT2D eigenvalue weighted by Crippen LogP contribution is -2.15. The van der Waals surface area contributed by atoms with Crippen LogP contribution in [0.25, 0.3) is 0 Å². The first-order valence-corrected chi connectivity index (χ1v) is 6.06. The van der Waals surface area contributed by atoms with Gasteiger partial charge in [0.25, 0.3) is 0 Å². The van der Waals surface area contributed by atoms with Crippen molar-refractivity contribution >= 4 is 12.2 Å². The standard InChI is InChI=1S/C13H14N4O3/c1-2-19-13(18)8-20-12-6-4-3-5-11(12)7-16-17-9-14-15-10-17/h3-7,9-10H,2,8H2,1H3/b16-7-. The summed E-state index contributed by atoms with van der Waals surface area (Å²) < 4.78 is 11.7. The molecule has 1 aromatic carbocycles. The van der Waals surface area contributed by atoms with Gasteiger partial charge in [-0.1, -0.05) is 12.1 Å². The molecule has 0 atom stereocenters. The van der Waals surface area contributed by atoms with Crippen LogP contribution in [0.1, 0.15) is 12.5 Å². The van der Waals surface area contributed by atoms with Gasteiger partial charge >= 0.3 is 5.97 Å². The Morgan fingerprint density at radius 1 is 1.35 bits per heavy atom. The SMILES string of the molecule is CCOC(=O)COc1ccccc1/C=N\n1cnnc1. The van der Waals surface area contributed by atoms with Crippen LogP contribution in [0.3, 0.4) is 0 Å². The monoisotopic (exact) mass is 274 g/mol. The maximum Gasteiger partial charge on any atom is 0.344 e. The van der Waals surface area contributed by atoms with Crippen LogP contribution < -0.4 is 4.74 Å². The summed E-state index contributed by atoms with van der Waals surface area (Å²) in [4.78, 5) is 11.3. The van der Waals surface area contributed by atoms with Gasteiger partial charge in [0, 0.05) is 5.56 Å². The zero-order valence-electron chi connectivity index (χ0n) is 11.0. The summed E-state index contributed by atoms with van der Waals surface area (Å²) >= 11 is 0. The van der Waals surface area contributed by atoms with Crippen LogP contribution >= 0.6 is 0 Å². The molecule has 104 valence electrons. The number of aromatic nitrogens is 3. The van der Waals surface area contributed by atoms with E-state index in [-0.39, 0.29) is 6.61 Å². The topological polar surface area (TPSA) is 78.6 Å². The third kappa shape index (κ3) is 3.91. The molecule has 0 saturated heterocycles. The minimum atomic E-state index is -0.405. The van der Waals surface area contributed by atoms with E-state index in [1.807, 2.05) is 18.2 Å². The van der Waals surface area contributed by atoms with Gasteiger partial charge in [0.1, 0.15) is 18.4 Å². The van der Waals surface area contributed by atoms with Gasteiger partial charge < -0.3 is 9.47 Å². The van der Waals surface area contributed by atoms with Crippen molar-refractivity contribution in [1.82, 2.24) is 14.9 Å². The molecule has 1 aromatic heterocycles. The molecule has 0 unspecified atom stereocenters. The molecular weight excluding hydrogens is 260 g/mol. The van der Waals surface area contributed by atoms with E-state index in [1.54, 1.807) is 19.2 Å². The summed E-state index contributed by atoms with van der Waals surface area (Å²) in [6, 6.07) is 7.25. The lowest BCUT2D eigenvalue weighted by molar-refractivity contribution is -0.145. The first-order valence-electron chi connectivity index (χ1n) is 6.06. The highest BCUT2D eigenvalue weighted by Gasteiger charge is 2.05. The largest absolute Gasteiger partial charge is 0.481 e. The van der Waals surface area contributed by atoms with Gasteiger partial charge in [-0.05, 0) is 19.1 Å². The van der Waals surface area contributed by atoms with E-state index in [4.69, 9.17) is 9.47 Å². The fourth-order valence-corrected chi connectivity index (χ4v) is 1.44. The van der Waals surface area contributed by atoms with Gasteiger partial charge in [0.05, 0.1) is 12.8 Å². The molecule has 0 radical (unpaired) electrons. The van der Waals surface area contributed by atoms with Crippen molar-refractivity contribution in [3.05, 3.63) is 42.5 Å². The van der Waals surface area contributed by atoms with Crippen molar-refractivity contribution in [3.63, 3.8) is 0 Å². The average molecular weight is 274 g/mol. The van der Waals surface area contributed by atoms with E-state index < -0.39 is 5.97 Å². The Labute approximate surface area is 115 Å². The molecular formula is C13H14N4O3. The average Bonchev–Trinajstić information content (AvgIpc) is 2.97. The van der Waals surface area contributed by atoms with E-state index in [9.17, 15) is 4.79 Å². The van der Waals surface area contributed by atoms with Crippen LogP contribution in [0.4, 0.5) is 0 Å². The second-order valence-electron chi connectivity index (χ2n) is 3.72. The van der Waals surface area contributed by atoms with Crippen molar-refractivity contribution in [2.45, 2.75) is 6.92 Å². The van der Waals surface area contributed by atoms with Crippen molar-refractivity contribution in [1.29, 1.82) is 0 Å². The Kier molecular flexibility index (Phi) is 4.82. The minimum absolute atomic E-state index is 0.134. The molecule has 20 heavy (non-hydrogen) atoms. The third-order valence-electron chi connectivity index (χ3n) is 2.31. The number of esters is 1. The van der Waals surface area contributed by atoms with Crippen molar-refractivity contribution < 1.29 is 14.3 Å². The maximum atomic E-state index is 11.3. The Balaban J connectivity index is 2.04. The normalized spacial score (nSPS) is 10.7. The molecule has 7 heteroatoms. The second-order valence-corrected chi connectivity index (χ2v) is 3.72. The number of carbonyl (C=O) groups is 1. The molecule has 0 spiro atoms. The van der Waals surface area contributed by atoms with Crippen LogP contribution in [-0.4, -0.2) is 40.3 Å². The fraction of sp³-hybridized carbons (Fsp3) is 0.231. The molecule has 0 aliphatic heterocycles. The molecule has 0 aliphatic rings. The fourth-order valence-electron chi connectivity index (χ4n) is 1.44. The maximum absolute atomic E-state index is 11.3. The minimum Gasteiger partial charge on any atom is -0.481 e. The highest BCUT2D eigenvalue weighted by atomic mass is 16.6. The molecule has 1 heterocycles. The predicted octanol–water partition coefficient (Wildman–Crippen LogP) is 1.10. The molecule has 0 aliphatic carbocycles. The Morgan fingerprint density at radius 2 is 2.10 bits per heavy atom. The quantitative estimate of drug-likeness (QED) is 0.582. The summed E-state index contributed by atoms with van der Waals surface area (Å²) in [5, 5.41) is 11.4. The Hall–Kier alpha value is -2.70. The van der Waals surface area contributed by atoms with Crippen LogP contribution in [0, 0.1) is 0 Å². The smallest absolute Gasteiger partial charge is 0.344 e. The lowest BCUT2D eigenvalue weighted by Gasteiger charge is -2.08. The summed E-state index contributed by atoms with van der Waals surface area (Å²) in [5.41, 5.74) is 0.741. The number of carbonyl (C=O) groups excluding carboxylic acids is 1. The summed E-state index contributed by atoms with van der Waals surface area (Å²) in [5.74, 6) is 0.149. The predicted molar refractivity (Wildman–Crippen MR) is 71.6 cm³/mol. The summed E-state index contributed by atoms with van der Waals surface area (Å²) in [6.07, 6.45) is 4.54. The highest BCUT2D eigenvalue weighted by Crippen LogP contribution is 2.15. The van der Waals surface area contributed by atoms with Crippen molar-refractivity contribution in [2.75, 3.05) is 13.2 Å². The zero-order chi connectivity index (χ0) is 14.2. The van der Waals surface area contributed by atoms with Gasteiger partial charge in [-0.15, -0.1) is 10.2 Å². The zero-order valence-corrected chi connectivity index (χ0v) is 11.0. The Bertz CT molecular complexity index is 581. The number of hydrogen-bond acceptors (Lipinski definition) is 6. The van der Waals surface area contributed by atoms with Crippen LogP contribution in [0.15, 0.2) is 42.0 Å². The molecule has 7 nitrogen and oxygen atoms in total. The van der Waals surface area contributed by atoms with E-state index in [2.05, 4.69) is 15.3 Å². The van der Waals surface area contributed by atoms with Gasteiger partial charge in [-0.2, -0.15) is 5.10 Å².